The average molecular weight is 284 g/mol. The van der Waals surface area contributed by atoms with E-state index < -0.39 is 46.0 Å². The van der Waals surface area contributed by atoms with Gasteiger partial charge in [0.05, 0.1) is 16.9 Å². The Labute approximate surface area is 110 Å². The molecule has 20 heavy (non-hydrogen) atoms. The Morgan fingerprint density at radius 2 is 1.30 bits per heavy atom. The predicted molar refractivity (Wildman–Crippen MR) is 60.7 cm³/mol. The molecule has 0 saturated carbocycles. The molecule has 0 spiro atoms. The summed E-state index contributed by atoms with van der Waals surface area (Å²) >= 11 is 0. The number of hydrogen-bond donors (Lipinski definition) is 1. The lowest BCUT2D eigenvalue weighted by molar-refractivity contribution is 0.449. The molecule has 0 heterocycles. The van der Waals surface area contributed by atoms with Gasteiger partial charge in [-0.1, -0.05) is 0 Å². The maximum Gasteiger partial charge on any atom is 0.196 e. The maximum absolute atomic E-state index is 13.6. The van der Waals surface area contributed by atoms with Gasteiger partial charge in [-0.15, -0.1) is 0 Å². The first-order valence-electron chi connectivity index (χ1n) is 5.24. The van der Waals surface area contributed by atoms with Gasteiger partial charge in [0.25, 0.3) is 0 Å². The zero-order valence-corrected chi connectivity index (χ0v) is 9.65. The highest BCUT2D eigenvalue weighted by Crippen LogP contribution is 2.27. The van der Waals surface area contributed by atoms with Crippen LogP contribution in [0.15, 0.2) is 24.3 Å². The van der Waals surface area contributed by atoms with Crippen LogP contribution in [0.5, 0.6) is 0 Å². The van der Waals surface area contributed by atoms with Crippen LogP contribution in [0.2, 0.25) is 0 Å². The minimum absolute atomic E-state index is 0.508. The van der Waals surface area contributed by atoms with Crippen molar-refractivity contribution in [2.45, 2.75) is 0 Å². The van der Waals surface area contributed by atoms with Gasteiger partial charge in [0, 0.05) is 0 Å². The van der Waals surface area contributed by atoms with E-state index in [0.29, 0.717) is 6.07 Å². The van der Waals surface area contributed by atoms with E-state index in [0.717, 1.165) is 18.2 Å². The van der Waals surface area contributed by atoms with E-state index in [1.54, 1.807) is 0 Å². The lowest BCUT2D eigenvalue weighted by Gasteiger charge is -2.10. The highest BCUT2D eigenvalue weighted by atomic mass is 19.2. The van der Waals surface area contributed by atoms with Crippen LogP contribution in [0.3, 0.4) is 0 Å². The molecule has 0 fully saturated rings. The predicted octanol–water partition coefficient (Wildman–Crippen LogP) is 4.00. The van der Waals surface area contributed by atoms with Crippen LogP contribution in [0.25, 0.3) is 0 Å². The third kappa shape index (κ3) is 2.28. The highest BCUT2D eigenvalue weighted by molar-refractivity contribution is 5.62. The van der Waals surface area contributed by atoms with Crippen LogP contribution in [-0.4, -0.2) is 0 Å². The summed E-state index contributed by atoms with van der Waals surface area (Å²) in [6.45, 7) is 0. The molecule has 0 aliphatic rings. The SMILES string of the molecule is N#Cc1ccc(Nc2ccc(F)c(F)c2F)c(F)c1F. The summed E-state index contributed by atoms with van der Waals surface area (Å²) < 4.78 is 66.0. The monoisotopic (exact) mass is 284 g/mol. The molecule has 0 aliphatic carbocycles. The molecule has 102 valence electrons. The van der Waals surface area contributed by atoms with Crippen molar-refractivity contribution in [3.8, 4) is 6.07 Å². The van der Waals surface area contributed by atoms with Crippen molar-refractivity contribution in [1.29, 1.82) is 5.26 Å². The molecule has 0 aromatic heterocycles. The van der Waals surface area contributed by atoms with E-state index in [4.69, 9.17) is 5.26 Å². The molecule has 0 radical (unpaired) electrons. The first-order valence-corrected chi connectivity index (χ1v) is 5.24. The minimum atomic E-state index is -1.73. The normalized spacial score (nSPS) is 10.2. The van der Waals surface area contributed by atoms with Gasteiger partial charge in [-0.3, -0.25) is 0 Å². The zero-order valence-electron chi connectivity index (χ0n) is 9.65. The third-order valence-electron chi connectivity index (χ3n) is 2.51. The van der Waals surface area contributed by atoms with Crippen molar-refractivity contribution in [3.05, 3.63) is 58.9 Å². The second-order valence-electron chi connectivity index (χ2n) is 3.75. The van der Waals surface area contributed by atoms with Crippen LogP contribution in [-0.2, 0) is 0 Å². The van der Waals surface area contributed by atoms with E-state index in [1.165, 1.54) is 6.07 Å². The molecule has 0 amide bonds. The van der Waals surface area contributed by atoms with Crippen molar-refractivity contribution >= 4 is 11.4 Å². The van der Waals surface area contributed by atoms with Crippen LogP contribution >= 0.6 is 0 Å². The Hall–Kier alpha value is -2.62. The smallest absolute Gasteiger partial charge is 0.196 e. The molecule has 2 nitrogen and oxygen atoms in total. The highest BCUT2D eigenvalue weighted by Gasteiger charge is 2.17. The number of halogens is 5. The standard InChI is InChI=1S/C13H5F5N2/c14-7-2-4-9(13(18)11(7)16)20-8-3-1-6(5-19)10(15)12(8)17/h1-4,20H. The summed E-state index contributed by atoms with van der Waals surface area (Å²) in [5.41, 5.74) is -1.60. The summed E-state index contributed by atoms with van der Waals surface area (Å²) in [5, 5.41) is 10.6. The molecule has 2 aromatic rings. The Balaban J connectivity index is 2.44. The van der Waals surface area contributed by atoms with Gasteiger partial charge in [0.15, 0.2) is 29.1 Å². The quantitative estimate of drug-likeness (QED) is 0.668. The minimum Gasteiger partial charge on any atom is -0.351 e. The zero-order chi connectivity index (χ0) is 14.9. The molecule has 0 atom stereocenters. The number of nitrogens with zero attached hydrogens (tertiary/aromatic N) is 1. The Bertz CT molecular complexity index is 722. The Kier molecular flexibility index (Phi) is 3.57. The van der Waals surface area contributed by atoms with Gasteiger partial charge >= 0.3 is 0 Å². The summed E-state index contributed by atoms with van der Waals surface area (Å²) in [7, 11) is 0. The first kappa shape index (κ1) is 13.8. The average Bonchev–Trinajstić information content (AvgIpc) is 2.44. The van der Waals surface area contributed by atoms with Gasteiger partial charge in [-0.05, 0) is 24.3 Å². The summed E-state index contributed by atoms with van der Waals surface area (Å²) in [5.74, 6) is -7.54. The van der Waals surface area contributed by atoms with Gasteiger partial charge in [0.1, 0.15) is 6.07 Å². The summed E-state index contributed by atoms with van der Waals surface area (Å²) in [6.07, 6.45) is 0. The number of rotatable bonds is 2. The van der Waals surface area contributed by atoms with Crippen LogP contribution in [0.4, 0.5) is 33.3 Å². The number of nitrogens with one attached hydrogen (secondary N) is 1. The number of nitriles is 1. The Morgan fingerprint density at radius 3 is 1.90 bits per heavy atom. The van der Waals surface area contributed by atoms with Crippen LogP contribution < -0.4 is 5.32 Å². The van der Waals surface area contributed by atoms with E-state index >= 15 is 0 Å². The van der Waals surface area contributed by atoms with Gasteiger partial charge < -0.3 is 5.32 Å². The van der Waals surface area contributed by atoms with Crippen molar-refractivity contribution in [3.63, 3.8) is 0 Å². The van der Waals surface area contributed by atoms with E-state index in [2.05, 4.69) is 5.32 Å². The van der Waals surface area contributed by atoms with Crippen LogP contribution in [0, 0.1) is 40.4 Å². The van der Waals surface area contributed by atoms with Gasteiger partial charge in [0.2, 0.25) is 0 Å². The van der Waals surface area contributed by atoms with Crippen molar-refractivity contribution < 1.29 is 22.0 Å². The molecular weight excluding hydrogens is 279 g/mol. The second-order valence-corrected chi connectivity index (χ2v) is 3.75. The number of benzene rings is 2. The van der Waals surface area contributed by atoms with Gasteiger partial charge in [-0.2, -0.15) is 5.26 Å². The number of anilines is 2. The van der Waals surface area contributed by atoms with E-state index in [-0.39, 0.29) is 0 Å². The molecule has 0 bridgehead atoms. The molecule has 2 aromatic carbocycles. The molecule has 0 saturated heterocycles. The Morgan fingerprint density at radius 1 is 0.750 bits per heavy atom. The van der Waals surface area contributed by atoms with E-state index in [9.17, 15) is 22.0 Å². The molecule has 7 heteroatoms. The molecule has 2 rings (SSSR count). The third-order valence-corrected chi connectivity index (χ3v) is 2.51. The number of hydrogen-bond acceptors (Lipinski definition) is 2. The molecule has 0 unspecified atom stereocenters. The van der Waals surface area contributed by atoms with E-state index in [1.807, 2.05) is 0 Å². The fourth-order valence-corrected chi connectivity index (χ4v) is 1.50. The fraction of sp³-hybridized carbons (Fsp3) is 0. The molecule has 0 aliphatic heterocycles. The maximum atomic E-state index is 13.6. The molecular formula is C13H5F5N2. The second kappa shape index (κ2) is 5.17. The van der Waals surface area contributed by atoms with Gasteiger partial charge in [-0.25, -0.2) is 22.0 Å². The van der Waals surface area contributed by atoms with Crippen molar-refractivity contribution in [1.82, 2.24) is 0 Å². The van der Waals surface area contributed by atoms with Crippen molar-refractivity contribution in [2.24, 2.45) is 0 Å². The topological polar surface area (TPSA) is 35.8 Å². The molecule has 1 N–H and O–H groups in total. The summed E-state index contributed by atoms with van der Waals surface area (Å²) in [6, 6.07) is 4.86. The largest absolute Gasteiger partial charge is 0.351 e. The van der Waals surface area contributed by atoms with Crippen LogP contribution in [0.1, 0.15) is 5.56 Å². The lowest BCUT2D eigenvalue weighted by Crippen LogP contribution is -2.02. The lowest BCUT2D eigenvalue weighted by atomic mass is 10.2. The summed E-state index contributed by atoms with van der Waals surface area (Å²) in [4.78, 5) is 0. The first-order chi connectivity index (χ1) is 9.45. The van der Waals surface area contributed by atoms with Crippen molar-refractivity contribution in [2.75, 3.05) is 5.32 Å². The fourth-order valence-electron chi connectivity index (χ4n) is 1.50.